The van der Waals surface area contributed by atoms with E-state index in [1.165, 1.54) is 11.0 Å². The lowest BCUT2D eigenvalue weighted by Gasteiger charge is -2.42. The van der Waals surface area contributed by atoms with Gasteiger partial charge in [-0.05, 0) is 53.9 Å². The summed E-state index contributed by atoms with van der Waals surface area (Å²) in [7, 11) is 0. The monoisotopic (exact) mass is 720 g/mol. The average Bonchev–Trinajstić information content (AvgIpc) is 2.96. The molecule has 5 rings (SSSR count). The van der Waals surface area contributed by atoms with Crippen molar-refractivity contribution in [2.24, 2.45) is 0 Å². The maximum atomic E-state index is 14.0. The molecule has 1 saturated heterocycles. The molecule has 1 aromatic heterocycles. The number of alkyl halides is 6. The Balaban J connectivity index is 0.00000245. The van der Waals surface area contributed by atoms with Crippen molar-refractivity contribution in [3.05, 3.63) is 99.9 Å². The second-order valence-corrected chi connectivity index (χ2v) is 10.8. The minimum atomic E-state index is -5.11. The van der Waals surface area contributed by atoms with E-state index in [1.807, 2.05) is 12.1 Å². The molecule has 1 amide bonds. The van der Waals surface area contributed by atoms with E-state index < -0.39 is 52.6 Å². The molecule has 0 bridgehead atoms. The summed E-state index contributed by atoms with van der Waals surface area (Å²) in [6, 6.07) is 7.24. The van der Waals surface area contributed by atoms with E-state index >= 15 is 0 Å². The van der Waals surface area contributed by atoms with Gasteiger partial charge in [-0.1, -0.05) is 12.1 Å². The predicted molar refractivity (Wildman–Crippen MR) is 163 cm³/mol. The maximum absolute atomic E-state index is 14.0. The van der Waals surface area contributed by atoms with Gasteiger partial charge < -0.3 is 4.90 Å². The van der Waals surface area contributed by atoms with Crippen molar-refractivity contribution >= 4 is 43.1 Å². The number of amides is 1. The van der Waals surface area contributed by atoms with Crippen molar-refractivity contribution in [3.8, 4) is 0 Å². The summed E-state index contributed by atoms with van der Waals surface area (Å²) in [5.41, 5.74) is -1.38. The maximum Gasteiger partial charge on any atom is 0.416 e. The molecular formula is C30H31Cl3F8N4O. The highest BCUT2D eigenvalue weighted by Crippen LogP contribution is 2.37. The number of aromatic nitrogens is 1. The Morgan fingerprint density at radius 3 is 2.09 bits per heavy atom. The summed E-state index contributed by atoms with van der Waals surface area (Å²) < 4.78 is 108. The van der Waals surface area contributed by atoms with Crippen molar-refractivity contribution in [2.75, 3.05) is 39.3 Å². The number of hydrogen-bond acceptors (Lipinski definition) is 4. The van der Waals surface area contributed by atoms with Crippen molar-refractivity contribution in [3.63, 3.8) is 0 Å². The number of fused-ring (bicyclic) bond motifs is 1. The average molecular weight is 722 g/mol. The second kappa shape index (κ2) is 15.9. The molecule has 3 heterocycles. The first-order valence-corrected chi connectivity index (χ1v) is 13.7. The molecule has 1 atom stereocenters. The van der Waals surface area contributed by atoms with Gasteiger partial charge in [0.1, 0.15) is 0 Å². The van der Waals surface area contributed by atoms with Gasteiger partial charge in [0.05, 0.1) is 11.1 Å². The first-order valence-electron chi connectivity index (χ1n) is 13.7. The zero-order valence-corrected chi connectivity index (χ0v) is 26.5. The quantitative estimate of drug-likeness (QED) is 0.255. The van der Waals surface area contributed by atoms with Crippen molar-refractivity contribution in [1.29, 1.82) is 0 Å². The summed E-state index contributed by atoms with van der Waals surface area (Å²) >= 11 is 0. The van der Waals surface area contributed by atoms with Crippen LogP contribution in [0.15, 0.2) is 54.7 Å². The third-order valence-corrected chi connectivity index (χ3v) is 7.89. The van der Waals surface area contributed by atoms with Crippen LogP contribution in [0.2, 0.25) is 0 Å². The molecule has 254 valence electrons. The number of halogens is 11. The zero-order valence-electron chi connectivity index (χ0n) is 24.1. The van der Waals surface area contributed by atoms with E-state index in [4.69, 9.17) is 0 Å². The Hall–Kier alpha value is -2.71. The van der Waals surface area contributed by atoms with Gasteiger partial charge >= 0.3 is 12.4 Å². The van der Waals surface area contributed by atoms with Crippen molar-refractivity contribution < 1.29 is 39.9 Å². The highest BCUT2D eigenvalue weighted by Gasteiger charge is 2.39. The Bertz CT molecular complexity index is 1460. The Morgan fingerprint density at radius 1 is 0.804 bits per heavy atom. The molecule has 1 fully saturated rings. The fourth-order valence-electron chi connectivity index (χ4n) is 5.65. The number of carbonyl (C=O) groups excluding carboxylic acids is 1. The van der Waals surface area contributed by atoms with Crippen LogP contribution in [0.3, 0.4) is 0 Å². The van der Waals surface area contributed by atoms with E-state index in [1.54, 1.807) is 6.20 Å². The van der Waals surface area contributed by atoms with E-state index in [2.05, 4.69) is 14.8 Å². The fraction of sp³-hybridized carbons (Fsp3) is 0.400. The van der Waals surface area contributed by atoms with Crippen molar-refractivity contribution in [1.82, 2.24) is 19.7 Å². The summed E-state index contributed by atoms with van der Waals surface area (Å²) in [4.78, 5) is 23.5. The first-order chi connectivity index (χ1) is 20.3. The Kier molecular flexibility index (Phi) is 13.7. The fourth-order valence-corrected chi connectivity index (χ4v) is 5.65. The molecule has 0 saturated carbocycles. The standard InChI is InChI=1S/C30H28F8N4O.3ClH/c31-25-4-3-19(13-26(25)32)12-24-18-41(9-8-40-7-5-27-20(17-40)2-1-6-39-27)10-11-42(24)28(43)21-14-22(29(33,34)35)16-23(15-21)30(36,37)38;;;/h1-4,6,13-16,24H,5,7-12,17-18H2;3*1H/t24-;;;/m1.../s1. The first kappa shape index (κ1) is 39.5. The SMILES string of the molecule is Cl.Cl.Cl.O=C(c1cc(C(F)(F)F)cc(C(F)(F)F)c1)N1CCN(CCN2CCc3ncccc3C2)C[C@H]1Cc1ccc(F)c(F)c1. The van der Waals surface area contributed by atoms with Gasteiger partial charge in [0.15, 0.2) is 11.6 Å². The largest absolute Gasteiger partial charge is 0.416 e. The topological polar surface area (TPSA) is 39.7 Å². The van der Waals surface area contributed by atoms with Crippen LogP contribution in [0.4, 0.5) is 35.1 Å². The number of hydrogen-bond donors (Lipinski definition) is 0. The predicted octanol–water partition coefficient (Wildman–Crippen LogP) is 7.09. The van der Waals surface area contributed by atoms with Crippen LogP contribution in [0, 0.1) is 11.6 Å². The number of benzene rings is 2. The molecule has 2 aromatic carbocycles. The van der Waals surface area contributed by atoms with E-state index in [0.717, 1.165) is 42.9 Å². The molecule has 0 radical (unpaired) electrons. The molecule has 2 aliphatic rings. The number of piperazine rings is 1. The van der Waals surface area contributed by atoms with Crippen LogP contribution in [0.1, 0.15) is 38.3 Å². The molecule has 0 aliphatic carbocycles. The normalized spacial score (nSPS) is 17.3. The smallest absolute Gasteiger partial charge is 0.333 e. The van der Waals surface area contributed by atoms with Gasteiger partial charge in [0.25, 0.3) is 5.91 Å². The molecule has 2 aliphatic heterocycles. The number of carbonyl (C=O) groups is 1. The minimum Gasteiger partial charge on any atom is -0.333 e. The summed E-state index contributed by atoms with van der Waals surface area (Å²) in [6.07, 6.45) is -7.64. The van der Waals surface area contributed by atoms with E-state index in [9.17, 15) is 39.9 Å². The van der Waals surface area contributed by atoms with Gasteiger partial charge in [-0.15, -0.1) is 37.2 Å². The van der Waals surface area contributed by atoms with Crippen LogP contribution in [-0.4, -0.2) is 70.9 Å². The Morgan fingerprint density at radius 2 is 1.46 bits per heavy atom. The highest BCUT2D eigenvalue weighted by atomic mass is 35.5. The number of nitrogens with zero attached hydrogens (tertiary/aromatic N) is 4. The lowest BCUT2D eigenvalue weighted by molar-refractivity contribution is -0.143. The van der Waals surface area contributed by atoms with Gasteiger partial charge in [-0.3, -0.25) is 19.6 Å². The third kappa shape index (κ3) is 9.43. The molecule has 3 aromatic rings. The summed E-state index contributed by atoms with van der Waals surface area (Å²) in [5, 5.41) is 0. The van der Waals surface area contributed by atoms with E-state index in [-0.39, 0.29) is 62.8 Å². The molecule has 5 nitrogen and oxygen atoms in total. The van der Waals surface area contributed by atoms with Gasteiger partial charge in [-0.25, -0.2) is 8.78 Å². The molecule has 0 spiro atoms. The molecule has 0 N–H and O–H groups in total. The molecule has 0 unspecified atom stereocenters. The lowest BCUT2D eigenvalue weighted by Crippen LogP contribution is -2.57. The Labute approximate surface area is 279 Å². The van der Waals surface area contributed by atoms with Crippen LogP contribution in [-0.2, 0) is 31.7 Å². The van der Waals surface area contributed by atoms with Crippen LogP contribution < -0.4 is 0 Å². The van der Waals surface area contributed by atoms with Gasteiger partial charge in [0.2, 0.25) is 0 Å². The third-order valence-electron chi connectivity index (χ3n) is 7.89. The lowest BCUT2D eigenvalue weighted by atomic mass is 9.99. The highest BCUT2D eigenvalue weighted by molar-refractivity contribution is 5.95. The summed E-state index contributed by atoms with van der Waals surface area (Å²) in [5.74, 6) is -3.16. The molecule has 16 heteroatoms. The van der Waals surface area contributed by atoms with E-state index in [0.29, 0.717) is 37.3 Å². The van der Waals surface area contributed by atoms with Crippen LogP contribution in [0.25, 0.3) is 0 Å². The minimum absolute atomic E-state index is 0. The number of pyridine rings is 1. The molecular weight excluding hydrogens is 691 g/mol. The van der Waals surface area contributed by atoms with Crippen molar-refractivity contribution in [2.45, 2.75) is 37.8 Å². The zero-order chi connectivity index (χ0) is 30.9. The second-order valence-electron chi connectivity index (χ2n) is 10.8. The van der Waals surface area contributed by atoms with Crippen LogP contribution in [0.5, 0.6) is 0 Å². The molecule has 46 heavy (non-hydrogen) atoms. The number of rotatable bonds is 6. The van der Waals surface area contributed by atoms with Gasteiger partial charge in [-0.2, -0.15) is 26.3 Å². The van der Waals surface area contributed by atoms with Crippen LogP contribution >= 0.6 is 37.2 Å². The summed E-state index contributed by atoms with van der Waals surface area (Å²) in [6.45, 7) is 3.39. The van der Waals surface area contributed by atoms with Gasteiger partial charge in [0, 0.05) is 75.7 Å².